The SMILES string of the molecule is CC(=O)N1c2ccccc2[C@H]2[C@@H]1[C@@H]1C=C[C@H]2CC1. The molecule has 3 aliphatic carbocycles. The maximum Gasteiger partial charge on any atom is 0.224 e. The predicted molar refractivity (Wildman–Crippen MR) is 71.5 cm³/mol. The van der Waals surface area contributed by atoms with Crippen molar-refractivity contribution in [1.82, 2.24) is 0 Å². The molecule has 0 unspecified atom stereocenters. The van der Waals surface area contributed by atoms with Crippen molar-refractivity contribution in [1.29, 1.82) is 0 Å². The third kappa shape index (κ3) is 1.16. The number of carbonyl (C=O) groups excluding carboxylic acids is 1. The highest BCUT2D eigenvalue weighted by Crippen LogP contribution is 2.55. The topological polar surface area (TPSA) is 20.3 Å². The molecule has 0 spiro atoms. The highest BCUT2D eigenvalue weighted by atomic mass is 16.2. The van der Waals surface area contributed by atoms with Crippen LogP contribution < -0.4 is 4.90 Å². The predicted octanol–water partition coefficient (Wildman–Crippen LogP) is 3.10. The zero-order valence-corrected chi connectivity index (χ0v) is 10.5. The number of nitrogens with zero attached hydrogens (tertiary/aromatic N) is 1. The van der Waals surface area contributed by atoms with Gasteiger partial charge in [0.2, 0.25) is 5.91 Å². The number of amides is 1. The van der Waals surface area contributed by atoms with Gasteiger partial charge in [0.1, 0.15) is 0 Å². The van der Waals surface area contributed by atoms with Crippen LogP contribution in [0.3, 0.4) is 0 Å². The van der Waals surface area contributed by atoms with Crippen LogP contribution in [0.5, 0.6) is 0 Å². The van der Waals surface area contributed by atoms with Crippen LogP contribution in [-0.2, 0) is 4.79 Å². The van der Waals surface area contributed by atoms with E-state index in [1.807, 2.05) is 6.07 Å². The van der Waals surface area contributed by atoms with Crippen LogP contribution in [0.2, 0.25) is 0 Å². The second-order valence-corrected chi connectivity index (χ2v) is 5.75. The molecule has 1 aliphatic heterocycles. The lowest BCUT2D eigenvalue weighted by Gasteiger charge is -2.44. The molecule has 5 rings (SSSR count). The Bertz CT molecular complexity index is 548. The van der Waals surface area contributed by atoms with E-state index in [9.17, 15) is 4.79 Å². The van der Waals surface area contributed by atoms with Crippen molar-refractivity contribution in [3.8, 4) is 0 Å². The van der Waals surface area contributed by atoms with Crippen molar-refractivity contribution in [2.45, 2.75) is 31.7 Å². The number of hydrogen-bond donors (Lipinski definition) is 0. The molecule has 2 heteroatoms. The van der Waals surface area contributed by atoms with Crippen LogP contribution in [0.4, 0.5) is 5.69 Å². The molecule has 1 heterocycles. The Hall–Kier alpha value is -1.57. The summed E-state index contributed by atoms with van der Waals surface area (Å²) in [7, 11) is 0. The molecule has 18 heavy (non-hydrogen) atoms. The van der Waals surface area contributed by atoms with E-state index >= 15 is 0 Å². The molecule has 0 N–H and O–H groups in total. The van der Waals surface area contributed by atoms with Crippen LogP contribution in [-0.4, -0.2) is 11.9 Å². The maximum absolute atomic E-state index is 12.0. The number of fused-ring (bicyclic) bond motifs is 2. The van der Waals surface area contributed by atoms with Gasteiger partial charge in [0.15, 0.2) is 0 Å². The Morgan fingerprint density at radius 2 is 1.89 bits per heavy atom. The van der Waals surface area contributed by atoms with Gasteiger partial charge >= 0.3 is 0 Å². The number of benzene rings is 1. The summed E-state index contributed by atoms with van der Waals surface area (Å²) in [6.45, 7) is 1.70. The summed E-state index contributed by atoms with van der Waals surface area (Å²) in [6, 6.07) is 8.84. The van der Waals surface area contributed by atoms with Gasteiger partial charge in [0.25, 0.3) is 0 Å². The highest BCUT2D eigenvalue weighted by molar-refractivity contribution is 5.95. The first-order valence-corrected chi connectivity index (χ1v) is 6.84. The van der Waals surface area contributed by atoms with Crippen LogP contribution in [0.25, 0.3) is 0 Å². The molecular weight excluding hydrogens is 222 g/mol. The summed E-state index contributed by atoms with van der Waals surface area (Å²) in [5, 5.41) is 0. The molecule has 1 amide bonds. The molecule has 4 aliphatic rings. The quantitative estimate of drug-likeness (QED) is 0.637. The van der Waals surface area contributed by atoms with Crippen molar-refractivity contribution < 1.29 is 4.79 Å². The van der Waals surface area contributed by atoms with E-state index in [0.717, 1.165) is 5.69 Å². The van der Waals surface area contributed by atoms with Crippen molar-refractivity contribution in [3.63, 3.8) is 0 Å². The van der Waals surface area contributed by atoms with Gasteiger partial charge in [-0.15, -0.1) is 0 Å². The summed E-state index contributed by atoms with van der Waals surface area (Å²) >= 11 is 0. The average molecular weight is 239 g/mol. The van der Waals surface area contributed by atoms with Gasteiger partial charge in [-0.2, -0.15) is 0 Å². The lowest BCUT2D eigenvalue weighted by molar-refractivity contribution is -0.117. The number of carbonyl (C=O) groups is 1. The minimum absolute atomic E-state index is 0.191. The van der Waals surface area contributed by atoms with Gasteiger partial charge in [-0.3, -0.25) is 4.79 Å². The molecule has 0 radical (unpaired) electrons. The summed E-state index contributed by atoms with van der Waals surface area (Å²) in [4.78, 5) is 14.1. The molecule has 2 nitrogen and oxygen atoms in total. The van der Waals surface area contributed by atoms with Crippen LogP contribution in [0.1, 0.15) is 31.2 Å². The monoisotopic (exact) mass is 239 g/mol. The Labute approximate surface area is 107 Å². The van der Waals surface area contributed by atoms with Crippen molar-refractivity contribution in [2.24, 2.45) is 11.8 Å². The van der Waals surface area contributed by atoms with Gasteiger partial charge in [-0.25, -0.2) is 0 Å². The minimum atomic E-state index is 0.191. The van der Waals surface area contributed by atoms with Gasteiger partial charge in [-0.05, 0) is 36.3 Å². The van der Waals surface area contributed by atoms with Crippen molar-refractivity contribution in [3.05, 3.63) is 42.0 Å². The Morgan fingerprint density at radius 3 is 2.61 bits per heavy atom. The summed E-state index contributed by atoms with van der Waals surface area (Å²) in [6.07, 6.45) is 7.25. The largest absolute Gasteiger partial charge is 0.308 e. The van der Waals surface area contributed by atoms with E-state index in [-0.39, 0.29) is 5.91 Å². The van der Waals surface area contributed by atoms with E-state index in [2.05, 4.69) is 35.3 Å². The second-order valence-electron chi connectivity index (χ2n) is 5.75. The summed E-state index contributed by atoms with van der Waals surface area (Å²) in [5.41, 5.74) is 2.54. The molecule has 0 aromatic heterocycles. The van der Waals surface area contributed by atoms with E-state index < -0.39 is 0 Å². The van der Waals surface area contributed by atoms with E-state index in [4.69, 9.17) is 0 Å². The van der Waals surface area contributed by atoms with E-state index in [1.54, 1.807) is 6.92 Å². The van der Waals surface area contributed by atoms with Gasteiger partial charge in [0, 0.05) is 18.5 Å². The van der Waals surface area contributed by atoms with Gasteiger partial charge in [-0.1, -0.05) is 30.4 Å². The zero-order chi connectivity index (χ0) is 12.3. The van der Waals surface area contributed by atoms with Crippen molar-refractivity contribution in [2.75, 3.05) is 4.90 Å². The summed E-state index contributed by atoms with van der Waals surface area (Å²) < 4.78 is 0. The molecular formula is C16H17NO. The van der Waals surface area contributed by atoms with Crippen LogP contribution >= 0.6 is 0 Å². The Kier molecular flexibility index (Phi) is 2.00. The maximum atomic E-state index is 12.0. The molecule has 1 aromatic rings. The second kappa shape index (κ2) is 3.47. The molecule has 1 aromatic carbocycles. The fraction of sp³-hybridized carbons (Fsp3) is 0.438. The third-order valence-corrected chi connectivity index (χ3v) is 4.90. The number of hydrogen-bond acceptors (Lipinski definition) is 1. The number of rotatable bonds is 0. The standard InChI is InChI=1S/C16H17NO/c1-10(18)17-14-5-3-2-4-13(14)15-11-6-8-12(9-7-11)16(15)17/h2-6,8,11-12,15-16H,7,9H2,1H3/t11-,12+,15-,16-/m0/s1. The van der Waals surface area contributed by atoms with Crippen molar-refractivity contribution >= 4 is 11.6 Å². The third-order valence-electron chi connectivity index (χ3n) is 4.90. The normalized spacial score (nSPS) is 35.5. The fourth-order valence-electron chi connectivity index (χ4n) is 4.26. The zero-order valence-electron chi connectivity index (χ0n) is 10.5. The van der Waals surface area contributed by atoms with Crippen LogP contribution in [0.15, 0.2) is 36.4 Å². The van der Waals surface area contributed by atoms with Gasteiger partial charge in [0.05, 0.1) is 6.04 Å². The molecule has 1 fully saturated rings. The molecule has 0 saturated heterocycles. The number of anilines is 1. The van der Waals surface area contributed by atoms with Gasteiger partial charge < -0.3 is 4.90 Å². The number of allylic oxidation sites excluding steroid dienone is 1. The van der Waals surface area contributed by atoms with E-state index in [0.29, 0.717) is 23.8 Å². The Morgan fingerprint density at radius 1 is 1.17 bits per heavy atom. The first-order valence-electron chi connectivity index (χ1n) is 6.84. The fourth-order valence-corrected chi connectivity index (χ4v) is 4.26. The first-order chi connectivity index (χ1) is 8.77. The lowest BCUT2D eigenvalue weighted by Crippen LogP contribution is -2.48. The smallest absolute Gasteiger partial charge is 0.224 e. The van der Waals surface area contributed by atoms with E-state index in [1.165, 1.54) is 18.4 Å². The summed E-state index contributed by atoms with van der Waals surface area (Å²) in [5.74, 6) is 1.91. The number of para-hydroxylation sites is 1. The molecule has 1 saturated carbocycles. The Balaban J connectivity index is 1.92. The first kappa shape index (κ1) is 10.4. The van der Waals surface area contributed by atoms with Crippen LogP contribution in [0, 0.1) is 11.8 Å². The average Bonchev–Trinajstić information content (AvgIpc) is 2.77. The minimum Gasteiger partial charge on any atom is -0.308 e. The molecule has 4 atom stereocenters. The molecule has 2 bridgehead atoms. The lowest BCUT2D eigenvalue weighted by atomic mass is 9.65. The highest BCUT2D eigenvalue weighted by Gasteiger charge is 2.50. The molecule has 92 valence electrons.